The molecule has 0 aliphatic heterocycles. The van der Waals surface area contributed by atoms with Crippen LogP contribution in [0.1, 0.15) is 31.8 Å². The zero-order chi connectivity index (χ0) is 14.7. The van der Waals surface area contributed by atoms with E-state index in [2.05, 4.69) is 15.2 Å². The number of thioether (sulfide) groups is 1. The van der Waals surface area contributed by atoms with Gasteiger partial charge in [0.25, 0.3) is 0 Å². The Hall–Kier alpha value is -1.63. The number of fused-ring (bicyclic) bond motifs is 1. The highest BCUT2D eigenvalue weighted by molar-refractivity contribution is 8.00. The normalized spacial score (nSPS) is 12.6. The summed E-state index contributed by atoms with van der Waals surface area (Å²) in [4.78, 5) is 16.2. The van der Waals surface area contributed by atoms with Crippen LogP contribution < -0.4 is 0 Å². The molecule has 108 valence electrons. The van der Waals surface area contributed by atoms with Crippen LogP contribution in [0.3, 0.4) is 0 Å². The fourth-order valence-corrected chi connectivity index (χ4v) is 2.71. The van der Waals surface area contributed by atoms with E-state index in [1.54, 1.807) is 6.92 Å². The van der Waals surface area contributed by atoms with Gasteiger partial charge in [0, 0.05) is 11.8 Å². The van der Waals surface area contributed by atoms with E-state index in [0.717, 1.165) is 23.6 Å². The molecule has 1 atom stereocenters. The number of aromatic nitrogens is 4. The highest BCUT2D eigenvalue weighted by Crippen LogP contribution is 2.23. The largest absolute Gasteiger partial charge is 0.465 e. The Morgan fingerprint density at radius 3 is 2.90 bits per heavy atom. The van der Waals surface area contributed by atoms with E-state index in [4.69, 9.17) is 4.74 Å². The maximum atomic E-state index is 11.8. The topological polar surface area (TPSA) is 69.4 Å². The minimum absolute atomic E-state index is 0.230. The Morgan fingerprint density at radius 1 is 1.45 bits per heavy atom. The van der Waals surface area contributed by atoms with Crippen LogP contribution in [0.5, 0.6) is 0 Å². The quantitative estimate of drug-likeness (QED) is 0.622. The highest BCUT2D eigenvalue weighted by atomic mass is 32.2. The third kappa shape index (κ3) is 3.09. The monoisotopic (exact) mass is 294 g/mol. The Balaban J connectivity index is 2.20. The molecule has 0 N–H and O–H groups in total. The molecule has 6 nitrogen and oxygen atoms in total. The zero-order valence-corrected chi connectivity index (χ0v) is 12.9. The number of aryl methyl sites for hydroxylation is 2. The Bertz CT molecular complexity index is 626. The SMILES string of the molecule is CCCOC(=O)C(C)Sc1nnc2cc(C)nc(C)n12. The molecular formula is C13H18N4O2S. The summed E-state index contributed by atoms with van der Waals surface area (Å²) in [6.45, 7) is 8.03. The van der Waals surface area contributed by atoms with Crippen molar-refractivity contribution < 1.29 is 9.53 Å². The molecule has 0 aliphatic rings. The zero-order valence-electron chi connectivity index (χ0n) is 12.1. The first-order chi connectivity index (χ1) is 9.52. The van der Waals surface area contributed by atoms with Crippen molar-refractivity contribution in [1.29, 1.82) is 0 Å². The minimum Gasteiger partial charge on any atom is -0.465 e. The molecule has 0 bridgehead atoms. The minimum atomic E-state index is -0.324. The van der Waals surface area contributed by atoms with Crippen LogP contribution in [0.25, 0.3) is 5.65 Å². The Morgan fingerprint density at radius 2 is 2.20 bits per heavy atom. The molecule has 0 amide bonds. The standard InChI is InChI=1S/C13H18N4O2S/c1-5-6-19-12(18)9(3)20-13-16-15-11-7-8(2)14-10(4)17(11)13/h7,9H,5-6H2,1-4H3. The molecule has 0 radical (unpaired) electrons. The van der Waals surface area contributed by atoms with Crippen molar-refractivity contribution in [3.8, 4) is 0 Å². The van der Waals surface area contributed by atoms with Crippen molar-refractivity contribution in [2.75, 3.05) is 6.61 Å². The van der Waals surface area contributed by atoms with E-state index in [-0.39, 0.29) is 11.2 Å². The summed E-state index contributed by atoms with van der Waals surface area (Å²) in [7, 11) is 0. The predicted octanol–water partition coefficient (Wildman–Crippen LogP) is 2.17. The number of carbonyl (C=O) groups excluding carboxylic acids is 1. The van der Waals surface area contributed by atoms with E-state index in [1.165, 1.54) is 11.8 Å². The summed E-state index contributed by atoms with van der Waals surface area (Å²) < 4.78 is 6.98. The number of ether oxygens (including phenoxy) is 1. The molecule has 7 heteroatoms. The molecule has 0 aliphatic carbocycles. The molecule has 0 fully saturated rings. The van der Waals surface area contributed by atoms with Crippen molar-refractivity contribution in [2.45, 2.75) is 44.5 Å². The van der Waals surface area contributed by atoms with Crippen molar-refractivity contribution in [3.05, 3.63) is 17.6 Å². The number of esters is 1. The Kier molecular flexibility index (Phi) is 4.59. The van der Waals surface area contributed by atoms with Gasteiger partial charge in [0.15, 0.2) is 10.8 Å². The fourth-order valence-electron chi connectivity index (χ4n) is 1.81. The van der Waals surface area contributed by atoms with Gasteiger partial charge in [-0.25, -0.2) is 4.98 Å². The highest BCUT2D eigenvalue weighted by Gasteiger charge is 2.20. The van der Waals surface area contributed by atoms with Gasteiger partial charge in [0.05, 0.1) is 6.61 Å². The van der Waals surface area contributed by atoms with Gasteiger partial charge in [-0.15, -0.1) is 10.2 Å². The second-order valence-corrected chi connectivity index (χ2v) is 5.86. The molecule has 0 aromatic carbocycles. The second-order valence-electron chi connectivity index (χ2n) is 4.55. The smallest absolute Gasteiger partial charge is 0.319 e. The number of rotatable bonds is 5. The molecule has 20 heavy (non-hydrogen) atoms. The van der Waals surface area contributed by atoms with Crippen LogP contribution in [-0.2, 0) is 9.53 Å². The maximum absolute atomic E-state index is 11.8. The van der Waals surface area contributed by atoms with Gasteiger partial charge < -0.3 is 4.74 Å². The third-order valence-electron chi connectivity index (χ3n) is 2.72. The number of nitrogens with zero attached hydrogens (tertiary/aromatic N) is 4. The summed E-state index contributed by atoms with van der Waals surface area (Å²) in [6, 6.07) is 1.87. The second kappa shape index (κ2) is 6.21. The van der Waals surface area contributed by atoms with Crippen molar-refractivity contribution in [2.24, 2.45) is 0 Å². The van der Waals surface area contributed by atoms with Gasteiger partial charge >= 0.3 is 5.97 Å². The van der Waals surface area contributed by atoms with Crippen LogP contribution in [0, 0.1) is 13.8 Å². The summed E-state index contributed by atoms with van der Waals surface area (Å²) in [6.07, 6.45) is 0.819. The number of carbonyl (C=O) groups is 1. The first-order valence-corrected chi connectivity index (χ1v) is 7.43. The van der Waals surface area contributed by atoms with Crippen LogP contribution in [-0.4, -0.2) is 37.4 Å². The lowest BCUT2D eigenvalue weighted by molar-refractivity contribution is -0.142. The van der Waals surface area contributed by atoms with Gasteiger partial charge in [0.1, 0.15) is 11.1 Å². The van der Waals surface area contributed by atoms with Crippen LogP contribution >= 0.6 is 11.8 Å². The summed E-state index contributed by atoms with van der Waals surface area (Å²) in [5.41, 5.74) is 1.64. The van der Waals surface area contributed by atoms with Crippen LogP contribution in [0.2, 0.25) is 0 Å². The molecule has 2 rings (SSSR count). The average molecular weight is 294 g/mol. The molecular weight excluding hydrogens is 276 g/mol. The summed E-state index contributed by atoms with van der Waals surface area (Å²) in [5.74, 6) is 0.577. The molecule has 0 saturated heterocycles. The lowest BCUT2D eigenvalue weighted by Gasteiger charge is -2.10. The number of hydrogen-bond donors (Lipinski definition) is 0. The molecule has 2 aromatic heterocycles. The average Bonchev–Trinajstić information content (AvgIpc) is 2.78. The molecule has 2 heterocycles. The van der Waals surface area contributed by atoms with E-state index in [9.17, 15) is 4.79 Å². The van der Waals surface area contributed by atoms with E-state index in [0.29, 0.717) is 11.8 Å². The molecule has 2 aromatic rings. The summed E-state index contributed by atoms with van der Waals surface area (Å²) >= 11 is 1.33. The lowest BCUT2D eigenvalue weighted by atomic mass is 10.4. The van der Waals surface area contributed by atoms with Gasteiger partial charge in [-0.05, 0) is 27.2 Å². The molecule has 1 unspecified atom stereocenters. The van der Waals surface area contributed by atoms with Crippen LogP contribution in [0.4, 0.5) is 0 Å². The maximum Gasteiger partial charge on any atom is 0.319 e. The first kappa shape index (κ1) is 14.8. The van der Waals surface area contributed by atoms with E-state index >= 15 is 0 Å². The summed E-state index contributed by atoms with van der Waals surface area (Å²) in [5, 5.41) is 8.58. The first-order valence-electron chi connectivity index (χ1n) is 6.55. The fraction of sp³-hybridized carbons (Fsp3) is 0.538. The van der Waals surface area contributed by atoms with Crippen molar-refractivity contribution >= 4 is 23.4 Å². The lowest BCUT2D eigenvalue weighted by Crippen LogP contribution is -2.17. The third-order valence-corrected chi connectivity index (χ3v) is 3.74. The molecule has 0 saturated carbocycles. The van der Waals surface area contributed by atoms with Gasteiger partial charge in [-0.3, -0.25) is 9.20 Å². The van der Waals surface area contributed by atoms with Gasteiger partial charge in [-0.1, -0.05) is 18.7 Å². The van der Waals surface area contributed by atoms with Crippen LogP contribution in [0.15, 0.2) is 11.2 Å². The molecule has 0 spiro atoms. The van der Waals surface area contributed by atoms with E-state index < -0.39 is 0 Å². The van der Waals surface area contributed by atoms with Crippen molar-refractivity contribution in [3.63, 3.8) is 0 Å². The van der Waals surface area contributed by atoms with E-state index in [1.807, 2.05) is 31.2 Å². The van der Waals surface area contributed by atoms with Gasteiger partial charge in [0.2, 0.25) is 0 Å². The van der Waals surface area contributed by atoms with Gasteiger partial charge in [-0.2, -0.15) is 0 Å². The predicted molar refractivity (Wildman–Crippen MR) is 76.8 cm³/mol. The Labute approximate surface area is 121 Å². The number of hydrogen-bond acceptors (Lipinski definition) is 6. The van der Waals surface area contributed by atoms with Crippen molar-refractivity contribution in [1.82, 2.24) is 19.6 Å².